The average molecular weight is 333 g/mol. The van der Waals surface area contributed by atoms with Crippen molar-refractivity contribution in [2.75, 3.05) is 17.6 Å². The summed E-state index contributed by atoms with van der Waals surface area (Å²) in [5.74, 6) is 0.232. The van der Waals surface area contributed by atoms with Gasteiger partial charge < -0.3 is 16.2 Å². The third kappa shape index (κ3) is 3.62. The number of nitrogens with one attached hydrogen (secondary N) is 1. The zero-order valence-corrected chi connectivity index (χ0v) is 14.7. The van der Waals surface area contributed by atoms with Crippen molar-refractivity contribution in [3.8, 4) is 0 Å². The van der Waals surface area contributed by atoms with Gasteiger partial charge in [0.1, 0.15) is 0 Å². The van der Waals surface area contributed by atoms with Crippen molar-refractivity contribution in [2.45, 2.75) is 39.7 Å². The Balaban J connectivity index is 2.47. The van der Waals surface area contributed by atoms with Crippen LogP contribution in [0.4, 0.5) is 11.4 Å². The highest BCUT2D eigenvalue weighted by molar-refractivity contribution is 6.31. The fourth-order valence-corrected chi connectivity index (χ4v) is 3.21. The van der Waals surface area contributed by atoms with Crippen LogP contribution >= 0.6 is 11.6 Å². The third-order valence-electron chi connectivity index (χ3n) is 4.35. The fourth-order valence-electron chi connectivity index (χ4n) is 3.04. The van der Waals surface area contributed by atoms with Gasteiger partial charge in [-0.3, -0.25) is 0 Å². The molecule has 3 nitrogen and oxygen atoms in total. The summed E-state index contributed by atoms with van der Waals surface area (Å²) in [4.78, 5) is 0. The summed E-state index contributed by atoms with van der Waals surface area (Å²) in [7, 11) is 0. The molecular weight excluding hydrogens is 308 g/mol. The van der Waals surface area contributed by atoms with Gasteiger partial charge in [0, 0.05) is 17.5 Å². The molecule has 0 fully saturated rings. The van der Waals surface area contributed by atoms with E-state index in [0.717, 1.165) is 41.0 Å². The minimum absolute atomic E-state index is 0.0520. The molecule has 1 atom stereocenters. The maximum absolute atomic E-state index is 9.45. The molecule has 0 spiro atoms. The summed E-state index contributed by atoms with van der Waals surface area (Å²) in [5.41, 5.74) is 12.3. The molecule has 0 bridgehead atoms. The Bertz CT molecular complexity index is 685. The van der Waals surface area contributed by atoms with Gasteiger partial charge in [0.15, 0.2) is 0 Å². The van der Waals surface area contributed by atoms with Crippen molar-refractivity contribution >= 4 is 23.0 Å². The second kappa shape index (κ2) is 7.71. The Morgan fingerprint density at radius 2 is 1.96 bits per heavy atom. The zero-order chi connectivity index (χ0) is 17.0. The lowest BCUT2D eigenvalue weighted by Gasteiger charge is -2.22. The first-order valence-electron chi connectivity index (χ1n) is 8.05. The molecule has 2 rings (SSSR count). The number of nitrogen functional groups attached to an aromatic ring is 1. The Labute approximate surface area is 143 Å². The zero-order valence-electron chi connectivity index (χ0n) is 14.0. The molecule has 0 saturated carbocycles. The molecular formula is C19H25ClN2O. The molecule has 23 heavy (non-hydrogen) atoms. The van der Waals surface area contributed by atoms with Crippen LogP contribution in [-0.2, 0) is 6.61 Å². The molecule has 0 aliphatic heterocycles. The van der Waals surface area contributed by atoms with Crippen LogP contribution in [0.3, 0.4) is 0 Å². The van der Waals surface area contributed by atoms with Gasteiger partial charge in [0.05, 0.1) is 18.0 Å². The highest BCUT2D eigenvalue weighted by Crippen LogP contribution is 2.36. The van der Waals surface area contributed by atoms with Crippen molar-refractivity contribution in [3.63, 3.8) is 0 Å². The number of hydrogen-bond acceptors (Lipinski definition) is 3. The minimum Gasteiger partial charge on any atom is -0.397 e. The molecule has 0 saturated heterocycles. The molecule has 1 unspecified atom stereocenters. The van der Waals surface area contributed by atoms with Gasteiger partial charge >= 0.3 is 0 Å². The first-order chi connectivity index (χ1) is 11.0. The number of halogens is 1. The average Bonchev–Trinajstić information content (AvgIpc) is 2.56. The summed E-state index contributed by atoms with van der Waals surface area (Å²) in [6.45, 7) is 7.07. The van der Waals surface area contributed by atoms with Gasteiger partial charge in [-0.25, -0.2) is 0 Å². The number of rotatable bonds is 6. The van der Waals surface area contributed by atoms with Crippen LogP contribution in [0.1, 0.15) is 48.4 Å². The lowest BCUT2D eigenvalue weighted by molar-refractivity contribution is 0.282. The highest BCUT2D eigenvalue weighted by atomic mass is 35.5. The molecule has 4 N–H and O–H groups in total. The van der Waals surface area contributed by atoms with E-state index in [1.54, 1.807) is 0 Å². The van der Waals surface area contributed by atoms with Crippen LogP contribution in [0.15, 0.2) is 30.3 Å². The number of hydrogen-bond donors (Lipinski definition) is 3. The molecule has 0 amide bonds. The number of anilines is 2. The fraction of sp³-hybridized carbons (Fsp3) is 0.368. The van der Waals surface area contributed by atoms with Crippen molar-refractivity contribution in [1.82, 2.24) is 0 Å². The molecule has 0 aliphatic rings. The molecule has 2 aromatic carbocycles. The first-order valence-corrected chi connectivity index (χ1v) is 8.43. The second-order valence-corrected chi connectivity index (χ2v) is 6.15. The molecule has 0 aliphatic carbocycles. The van der Waals surface area contributed by atoms with Crippen molar-refractivity contribution in [2.24, 2.45) is 0 Å². The van der Waals surface area contributed by atoms with Crippen molar-refractivity contribution < 1.29 is 5.11 Å². The maximum atomic E-state index is 9.45. The Morgan fingerprint density at radius 3 is 2.57 bits per heavy atom. The van der Waals surface area contributed by atoms with Gasteiger partial charge in [-0.15, -0.1) is 0 Å². The Morgan fingerprint density at radius 1 is 1.22 bits per heavy atom. The smallest absolute Gasteiger partial charge is 0.0696 e. The van der Waals surface area contributed by atoms with Crippen LogP contribution in [0.25, 0.3) is 0 Å². The summed E-state index contributed by atoms with van der Waals surface area (Å²) in [5, 5.41) is 13.3. The van der Waals surface area contributed by atoms with E-state index in [0.29, 0.717) is 5.02 Å². The number of nitrogens with two attached hydrogens (primary N) is 1. The molecule has 0 aromatic heterocycles. The van der Waals surface area contributed by atoms with Crippen LogP contribution < -0.4 is 11.1 Å². The van der Waals surface area contributed by atoms with E-state index in [4.69, 9.17) is 17.3 Å². The maximum Gasteiger partial charge on any atom is 0.0696 e. The quantitative estimate of drug-likeness (QED) is 0.672. The van der Waals surface area contributed by atoms with Crippen molar-refractivity contribution in [1.29, 1.82) is 0 Å². The standard InChI is InChI=1S/C19H25ClN2O/c1-4-15(13-6-8-17(20)14(10-13)11-23)16-7-9-18(22-5-2)19(21)12(16)3/h6-10,15,22-23H,4-5,11,21H2,1-3H3. The monoisotopic (exact) mass is 332 g/mol. The highest BCUT2D eigenvalue weighted by Gasteiger charge is 2.18. The summed E-state index contributed by atoms with van der Waals surface area (Å²) >= 11 is 6.11. The molecule has 0 heterocycles. The van der Waals surface area contributed by atoms with E-state index < -0.39 is 0 Å². The molecule has 124 valence electrons. The minimum atomic E-state index is -0.0520. The van der Waals surface area contributed by atoms with Gasteiger partial charge in [0.25, 0.3) is 0 Å². The normalized spacial score (nSPS) is 12.2. The van der Waals surface area contributed by atoms with E-state index in [1.165, 1.54) is 5.56 Å². The lowest BCUT2D eigenvalue weighted by Crippen LogP contribution is -2.08. The molecule has 0 radical (unpaired) electrons. The number of aliphatic hydroxyl groups is 1. The molecule has 2 aromatic rings. The van der Waals surface area contributed by atoms with Crippen LogP contribution in [0.5, 0.6) is 0 Å². The number of aliphatic hydroxyl groups excluding tert-OH is 1. The van der Waals surface area contributed by atoms with Crippen LogP contribution in [0, 0.1) is 6.92 Å². The van der Waals surface area contributed by atoms with E-state index >= 15 is 0 Å². The van der Waals surface area contributed by atoms with Crippen LogP contribution in [0.2, 0.25) is 5.02 Å². The third-order valence-corrected chi connectivity index (χ3v) is 4.72. The van der Waals surface area contributed by atoms with Crippen molar-refractivity contribution in [3.05, 3.63) is 57.6 Å². The summed E-state index contributed by atoms with van der Waals surface area (Å²) < 4.78 is 0. The SMILES string of the molecule is CCNc1ccc(C(CC)c2ccc(Cl)c(CO)c2)c(C)c1N. The van der Waals surface area contributed by atoms with Gasteiger partial charge in [0.2, 0.25) is 0 Å². The number of benzene rings is 2. The second-order valence-electron chi connectivity index (χ2n) is 5.74. The summed E-state index contributed by atoms with van der Waals surface area (Å²) in [6, 6.07) is 10.1. The van der Waals surface area contributed by atoms with Gasteiger partial charge in [-0.1, -0.05) is 36.7 Å². The molecule has 4 heteroatoms. The van der Waals surface area contributed by atoms with Gasteiger partial charge in [-0.05, 0) is 54.7 Å². The van der Waals surface area contributed by atoms with Crippen LogP contribution in [-0.4, -0.2) is 11.7 Å². The van der Waals surface area contributed by atoms with E-state index in [1.807, 2.05) is 24.3 Å². The predicted octanol–water partition coefficient (Wildman–Crippen LogP) is 4.70. The Kier molecular flexibility index (Phi) is 5.91. The first kappa shape index (κ1) is 17.6. The predicted molar refractivity (Wildman–Crippen MR) is 99.3 cm³/mol. The summed E-state index contributed by atoms with van der Waals surface area (Å²) in [6.07, 6.45) is 0.952. The topological polar surface area (TPSA) is 58.3 Å². The van der Waals surface area contributed by atoms with Gasteiger partial charge in [-0.2, -0.15) is 0 Å². The van der Waals surface area contributed by atoms with E-state index in [2.05, 4.69) is 32.2 Å². The Hall–Kier alpha value is -1.71. The van der Waals surface area contributed by atoms with E-state index in [-0.39, 0.29) is 12.5 Å². The largest absolute Gasteiger partial charge is 0.397 e. The lowest BCUT2D eigenvalue weighted by atomic mass is 9.85. The van der Waals surface area contributed by atoms with E-state index in [9.17, 15) is 5.11 Å².